The Labute approximate surface area is 132 Å². The van der Waals surface area contributed by atoms with Gasteiger partial charge >= 0.3 is 0 Å². The third-order valence-electron chi connectivity index (χ3n) is 5.61. The minimum atomic E-state index is -0.207. The maximum atomic E-state index is 12.3. The average Bonchev–Trinajstić information content (AvgIpc) is 3.14. The van der Waals surface area contributed by atoms with Crippen LogP contribution in [0.25, 0.3) is 0 Å². The Hall–Kier alpha value is -1.10. The van der Waals surface area contributed by atoms with Crippen molar-refractivity contribution in [3.63, 3.8) is 0 Å². The van der Waals surface area contributed by atoms with E-state index >= 15 is 0 Å². The number of aliphatic hydroxyl groups excluding tert-OH is 1. The summed E-state index contributed by atoms with van der Waals surface area (Å²) in [5.41, 5.74) is 0. The van der Waals surface area contributed by atoms with Gasteiger partial charge in [-0.1, -0.05) is 19.3 Å². The molecular formula is C17H28N2O3. The summed E-state index contributed by atoms with van der Waals surface area (Å²) in [5, 5.41) is 12.7. The van der Waals surface area contributed by atoms with Crippen LogP contribution in [-0.4, -0.2) is 47.1 Å². The molecule has 2 N–H and O–H groups in total. The number of likely N-dealkylation sites (tertiary alicyclic amines) is 1. The summed E-state index contributed by atoms with van der Waals surface area (Å²) >= 11 is 0. The summed E-state index contributed by atoms with van der Waals surface area (Å²) in [6.45, 7) is 1.24. The van der Waals surface area contributed by atoms with Crippen molar-refractivity contribution < 1.29 is 14.7 Å². The molecular weight excluding hydrogens is 280 g/mol. The highest BCUT2D eigenvalue weighted by atomic mass is 16.3. The molecule has 3 unspecified atom stereocenters. The van der Waals surface area contributed by atoms with E-state index in [-0.39, 0.29) is 23.8 Å². The van der Waals surface area contributed by atoms with Gasteiger partial charge in [0.05, 0.1) is 12.0 Å². The number of carbonyl (C=O) groups excluding carboxylic acids is 2. The highest BCUT2D eigenvalue weighted by Crippen LogP contribution is 2.29. The normalized spacial score (nSPS) is 33.4. The Morgan fingerprint density at radius 1 is 1.18 bits per heavy atom. The number of aliphatic hydroxyl groups is 1. The molecule has 3 fully saturated rings. The predicted octanol–water partition coefficient (Wildman–Crippen LogP) is 1.44. The first-order valence-electron chi connectivity index (χ1n) is 8.88. The van der Waals surface area contributed by atoms with Crippen molar-refractivity contribution in [3.05, 3.63) is 0 Å². The lowest BCUT2D eigenvalue weighted by molar-refractivity contribution is -0.130. The second-order valence-corrected chi connectivity index (χ2v) is 7.32. The molecule has 1 aliphatic heterocycles. The van der Waals surface area contributed by atoms with E-state index in [0.29, 0.717) is 31.5 Å². The Bertz CT molecular complexity index is 420. The lowest BCUT2D eigenvalue weighted by atomic mass is 9.87. The van der Waals surface area contributed by atoms with Crippen molar-refractivity contribution in [1.82, 2.24) is 10.2 Å². The van der Waals surface area contributed by atoms with E-state index in [2.05, 4.69) is 5.32 Å². The number of nitrogens with one attached hydrogen (secondary N) is 1. The van der Waals surface area contributed by atoms with Crippen LogP contribution >= 0.6 is 0 Å². The molecule has 1 heterocycles. The van der Waals surface area contributed by atoms with Gasteiger partial charge in [0.2, 0.25) is 11.8 Å². The van der Waals surface area contributed by atoms with E-state index in [9.17, 15) is 14.7 Å². The molecule has 3 aliphatic rings. The van der Waals surface area contributed by atoms with Gasteiger partial charge in [-0.2, -0.15) is 0 Å². The monoisotopic (exact) mass is 308 g/mol. The van der Waals surface area contributed by atoms with Crippen molar-refractivity contribution in [3.8, 4) is 0 Å². The van der Waals surface area contributed by atoms with E-state index in [1.807, 2.05) is 4.90 Å². The third-order valence-corrected chi connectivity index (χ3v) is 5.61. The van der Waals surface area contributed by atoms with E-state index in [0.717, 1.165) is 38.5 Å². The molecule has 0 aromatic heterocycles. The van der Waals surface area contributed by atoms with Crippen molar-refractivity contribution in [2.45, 2.75) is 69.9 Å². The first kappa shape index (κ1) is 15.8. The van der Waals surface area contributed by atoms with Gasteiger partial charge in [-0.05, 0) is 38.0 Å². The fourth-order valence-electron chi connectivity index (χ4n) is 4.31. The third kappa shape index (κ3) is 3.62. The molecule has 0 aromatic rings. The predicted molar refractivity (Wildman–Crippen MR) is 83.1 cm³/mol. The van der Waals surface area contributed by atoms with E-state index in [1.165, 1.54) is 12.8 Å². The van der Waals surface area contributed by atoms with Gasteiger partial charge in [-0.15, -0.1) is 0 Å². The Morgan fingerprint density at radius 3 is 2.68 bits per heavy atom. The van der Waals surface area contributed by atoms with E-state index < -0.39 is 0 Å². The molecule has 3 atom stereocenters. The summed E-state index contributed by atoms with van der Waals surface area (Å²) < 4.78 is 0. The quantitative estimate of drug-likeness (QED) is 0.826. The van der Waals surface area contributed by atoms with Gasteiger partial charge < -0.3 is 15.3 Å². The molecule has 22 heavy (non-hydrogen) atoms. The average molecular weight is 308 g/mol. The van der Waals surface area contributed by atoms with Gasteiger partial charge in [-0.3, -0.25) is 9.59 Å². The zero-order chi connectivity index (χ0) is 15.5. The number of hydrogen-bond acceptors (Lipinski definition) is 3. The van der Waals surface area contributed by atoms with Crippen LogP contribution in [0, 0.1) is 11.8 Å². The molecule has 2 saturated carbocycles. The van der Waals surface area contributed by atoms with Gasteiger partial charge in [0.15, 0.2) is 0 Å². The number of amides is 2. The number of carbonyl (C=O) groups is 2. The van der Waals surface area contributed by atoms with Crippen molar-refractivity contribution in [2.75, 3.05) is 13.1 Å². The SMILES string of the molecule is O=C(NCC1CCCC(O)C1)C1CC(=O)N(C2CCCC2)C1. The van der Waals surface area contributed by atoms with Crippen LogP contribution in [0.15, 0.2) is 0 Å². The molecule has 124 valence electrons. The Kier molecular flexibility index (Phi) is 5.01. The maximum absolute atomic E-state index is 12.3. The van der Waals surface area contributed by atoms with Crippen LogP contribution in [0.5, 0.6) is 0 Å². The van der Waals surface area contributed by atoms with Crippen LogP contribution in [0.2, 0.25) is 0 Å². The zero-order valence-corrected chi connectivity index (χ0v) is 13.3. The van der Waals surface area contributed by atoms with E-state index in [1.54, 1.807) is 0 Å². The maximum Gasteiger partial charge on any atom is 0.225 e. The smallest absolute Gasteiger partial charge is 0.225 e. The number of hydrogen-bond donors (Lipinski definition) is 2. The first-order chi connectivity index (χ1) is 10.6. The zero-order valence-electron chi connectivity index (χ0n) is 13.3. The molecule has 0 radical (unpaired) electrons. The second-order valence-electron chi connectivity index (χ2n) is 7.32. The highest BCUT2D eigenvalue weighted by Gasteiger charge is 2.38. The van der Waals surface area contributed by atoms with Crippen LogP contribution in [0.4, 0.5) is 0 Å². The molecule has 5 nitrogen and oxygen atoms in total. The molecule has 0 aromatic carbocycles. The number of nitrogens with zero attached hydrogens (tertiary/aromatic N) is 1. The number of rotatable bonds is 4. The fourth-order valence-corrected chi connectivity index (χ4v) is 4.31. The summed E-state index contributed by atoms with van der Waals surface area (Å²) in [7, 11) is 0. The van der Waals surface area contributed by atoms with Crippen LogP contribution < -0.4 is 5.32 Å². The summed E-state index contributed by atoms with van der Waals surface area (Å²) in [4.78, 5) is 26.4. The van der Waals surface area contributed by atoms with Crippen LogP contribution in [0.1, 0.15) is 57.8 Å². The molecule has 3 rings (SSSR count). The summed E-state index contributed by atoms with van der Waals surface area (Å²) in [6, 6.07) is 0.374. The van der Waals surface area contributed by atoms with Gasteiger partial charge in [0, 0.05) is 25.6 Å². The fraction of sp³-hybridized carbons (Fsp3) is 0.882. The van der Waals surface area contributed by atoms with Crippen LogP contribution in [-0.2, 0) is 9.59 Å². The minimum Gasteiger partial charge on any atom is -0.393 e. The largest absolute Gasteiger partial charge is 0.393 e. The molecule has 5 heteroatoms. The Balaban J connectivity index is 1.45. The molecule has 1 saturated heterocycles. The van der Waals surface area contributed by atoms with Crippen molar-refractivity contribution in [2.24, 2.45) is 11.8 Å². The van der Waals surface area contributed by atoms with Crippen molar-refractivity contribution in [1.29, 1.82) is 0 Å². The Morgan fingerprint density at radius 2 is 1.95 bits per heavy atom. The van der Waals surface area contributed by atoms with Gasteiger partial charge in [-0.25, -0.2) is 0 Å². The lowest BCUT2D eigenvalue weighted by Crippen LogP contribution is -2.39. The standard InChI is InChI=1S/C17H28N2O3/c20-15-7-3-4-12(8-15)10-18-17(22)13-9-16(21)19(11-13)14-5-1-2-6-14/h12-15,20H,1-11H2,(H,18,22). The minimum absolute atomic E-state index is 0.0221. The lowest BCUT2D eigenvalue weighted by Gasteiger charge is -2.26. The topological polar surface area (TPSA) is 69.6 Å². The van der Waals surface area contributed by atoms with E-state index in [4.69, 9.17) is 0 Å². The molecule has 0 spiro atoms. The molecule has 2 aliphatic carbocycles. The second kappa shape index (κ2) is 6.99. The molecule has 2 amide bonds. The van der Waals surface area contributed by atoms with Crippen molar-refractivity contribution >= 4 is 11.8 Å². The van der Waals surface area contributed by atoms with Crippen LogP contribution in [0.3, 0.4) is 0 Å². The van der Waals surface area contributed by atoms with Gasteiger partial charge in [0.25, 0.3) is 0 Å². The summed E-state index contributed by atoms with van der Waals surface area (Å²) in [6.07, 6.45) is 8.56. The highest BCUT2D eigenvalue weighted by molar-refractivity contribution is 5.89. The van der Waals surface area contributed by atoms with Gasteiger partial charge in [0.1, 0.15) is 0 Å². The molecule has 0 bridgehead atoms. The first-order valence-corrected chi connectivity index (χ1v) is 8.88. The summed E-state index contributed by atoms with van der Waals surface area (Å²) in [5.74, 6) is 0.381.